The molecule has 1 aromatic carbocycles. The number of ether oxygens (including phenoxy) is 1. The van der Waals surface area contributed by atoms with Crippen LogP contribution in [0.15, 0.2) is 48.8 Å². The maximum absolute atomic E-state index is 6.07. The molecule has 0 aliphatic rings. The van der Waals surface area contributed by atoms with Crippen LogP contribution in [0.1, 0.15) is 96.5 Å². The summed E-state index contributed by atoms with van der Waals surface area (Å²) in [6.45, 7) is 5.22. The summed E-state index contributed by atoms with van der Waals surface area (Å²) in [5.74, 6) is 1.62. The largest absolute Gasteiger partial charge is 0.493 e. The predicted octanol–water partition coefficient (Wildman–Crippen LogP) is 8.34. The van der Waals surface area contributed by atoms with Gasteiger partial charge >= 0.3 is 0 Å². The van der Waals surface area contributed by atoms with Crippen LogP contribution in [0.25, 0.3) is 11.4 Å². The number of unbranched alkanes of at least 4 members (excludes halogenated alkanes) is 9. The highest BCUT2D eigenvalue weighted by Crippen LogP contribution is 2.27. The molecule has 31 heavy (non-hydrogen) atoms. The summed E-state index contributed by atoms with van der Waals surface area (Å²) in [7, 11) is 0. The highest BCUT2D eigenvalue weighted by Gasteiger charge is 2.08. The van der Waals surface area contributed by atoms with Crippen LogP contribution in [-0.4, -0.2) is 16.6 Å². The number of hydrogen-bond acceptors (Lipinski definition) is 3. The molecular weight excluding hydrogens is 380 g/mol. The van der Waals surface area contributed by atoms with Gasteiger partial charge in [0.1, 0.15) is 5.75 Å². The van der Waals surface area contributed by atoms with Gasteiger partial charge in [0.15, 0.2) is 5.82 Å². The lowest BCUT2D eigenvalue weighted by Gasteiger charge is -2.10. The molecule has 0 saturated carbocycles. The number of rotatable bonds is 17. The molecule has 3 heteroatoms. The maximum Gasteiger partial charge on any atom is 0.162 e. The Hall–Kier alpha value is -2.16. The fourth-order valence-corrected chi connectivity index (χ4v) is 3.64. The molecule has 0 N–H and O–H groups in total. The predicted molar refractivity (Wildman–Crippen MR) is 133 cm³/mol. The number of benzene rings is 1. The first-order chi connectivity index (χ1) is 15.3. The van der Waals surface area contributed by atoms with Crippen LogP contribution in [0.3, 0.4) is 0 Å². The molecule has 2 rings (SSSR count). The van der Waals surface area contributed by atoms with Crippen LogP contribution in [0, 0.1) is 0 Å². The first-order valence-electron chi connectivity index (χ1n) is 12.5. The van der Waals surface area contributed by atoms with E-state index in [1.165, 1.54) is 69.8 Å². The van der Waals surface area contributed by atoms with Crippen LogP contribution < -0.4 is 4.74 Å². The molecule has 0 aliphatic heterocycles. The highest BCUT2D eigenvalue weighted by atomic mass is 16.5. The smallest absolute Gasteiger partial charge is 0.162 e. The Morgan fingerprint density at radius 2 is 1.39 bits per heavy atom. The van der Waals surface area contributed by atoms with Gasteiger partial charge in [-0.3, -0.25) is 0 Å². The zero-order valence-electron chi connectivity index (χ0n) is 19.8. The lowest BCUT2D eigenvalue weighted by atomic mass is 10.1. The summed E-state index contributed by atoms with van der Waals surface area (Å²) in [4.78, 5) is 9.24. The molecule has 0 amide bonds. The molecule has 0 bridgehead atoms. The van der Waals surface area contributed by atoms with E-state index in [1.54, 1.807) is 0 Å². The minimum Gasteiger partial charge on any atom is -0.493 e. The number of aryl methyl sites for hydroxylation is 1. The lowest BCUT2D eigenvalue weighted by Crippen LogP contribution is -2.00. The SMILES string of the molecule is CCCCCCC=CCCCOc1ccccc1-c1ncc(CCCCCCC)cn1. The number of nitrogens with zero attached hydrogens (tertiary/aromatic N) is 2. The second-order valence-corrected chi connectivity index (χ2v) is 8.39. The van der Waals surface area contributed by atoms with E-state index < -0.39 is 0 Å². The van der Waals surface area contributed by atoms with Gasteiger partial charge in [0.05, 0.1) is 12.2 Å². The van der Waals surface area contributed by atoms with Crippen molar-refractivity contribution in [2.24, 2.45) is 0 Å². The van der Waals surface area contributed by atoms with E-state index in [0.717, 1.165) is 36.4 Å². The standard InChI is InChI=1S/C28H42N2O/c1-3-5-7-9-10-11-12-14-18-22-31-27-21-17-16-20-26(27)28-29-23-25(24-30-28)19-15-13-8-6-4-2/h11-12,16-17,20-21,23-24H,3-10,13-15,18-19,22H2,1-2H3. The third-order valence-corrected chi connectivity index (χ3v) is 5.57. The molecule has 0 unspecified atom stereocenters. The Kier molecular flexibility index (Phi) is 13.4. The quantitative estimate of drug-likeness (QED) is 0.190. The average molecular weight is 423 g/mol. The summed E-state index contributed by atoms with van der Waals surface area (Å²) in [6, 6.07) is 8.10. The van der Waals surface area contributed by atoms with Gasteiger partial charge < -0.3 is 4.74 Å². The Bertz CT molecular complexity index is 724. The van der Waals surface area contributed by atoms with Gasteiger partial charge in [0.2, 0.25) is 0 Å². The topological polar surface area (TPSA) is 35.0 Å². The lowest BCUT2D eigenvalue weighted by molar-refractivity contribution is 0.313. The summed E-state index contributed by atoms with van der Waals surface area (Å²) >= 11 is 0. The van der Waals surface area contributed by atoms with Crippen LogP contribution in [0.5, 0.6) is 5.75 Å². The zero-order valence-corrected chi connectivity index (χ0v) is 19.8. The third-order valence-electron chi connectivity index (χ3n) is 5.57. The molecule has 0 saturated heterocycles. The van der Waals surface area contributed by atoms with Crippen molar-refractivity contribution in [3.8, 4) is 17.1 Å². The van der Waals surface area contributed by atoms with Gasteiger partial charge in [-0.25, -0.2) is 9.97 Å². The van der Waals surface area contributed by atoms with E-state index in [2.05, 4.69) is 36.0 Å². The van der Waals surface area contributed by atoms with E-state index in [1.807, 2.05) is 36.7 Å². The number of aromatic nitrogens is 2. The number of hydrogen-bond donors (Lipinski definition) is 0. The van der Waals surface area contributed by atoms with Gasteiger partial charge in [0.25, 0.3) is 0 Å². The summed E-state index contributed by atoms with van der Waals surface area (Å²) in [5.41, 5.74) is 2.20. The Balaban J connectivity index is 1.75. The third kappa shape index (κ3) is 10.6. The van der Waals surface area contributed by atoms with Gasteiger partial charge in [-0.15, -0.1) is 0 Å². The second kappa shape index (κ2) is 16.5. The van der Waals surface area contributed by atoms with E-state index in [0.29, 0.717) is 6.61 Å². The molecule has 3 nitrogen and oxygen atoms in total. The Labute approximate surface area is 190 Å². The second-order valence-electron chi connectivity index (χ2n) is 8.39. The van der Waals surface area contributed by atoms with Gasteiger partial charge in [-0.05, 0) is 56.2 Å². The van der Waals surface area contributed by atoms with Crippen molar-refractivity contribution in [2.75, 3.05) is 6.61 Å². The van der Waals surface area contributed by atoms with Crippen molar-refractivity contribution in [2.45, 2.75) is 97.3 Å². The van der Waals surface area contributed by atoms with Crippen molar-refractivity contribution in [1.29, 1.82) is 0 Å². The van der Waals surface area contributed by atoms with E-state index in [-0.39, 0.29) is 0 Å². The molecule has 0 spiro atoms. The Morgan fingerprint density at radius 1 is 0.742 bits per heavy atom. The summed E-state index contributed by atoms with van der Waals surface area (Å²) in [6.07, 6.45) is 24.7. The molecule has 0 atom stereocenters. The maximum atomic E-state index is 6.07. The Morgan fingerprint density at radius 3 is 2.13 bits per heavy atom. The highest BCUT2D eigenvalue weighted by molar-refractivity contribution is 5.63. The van der Waals surface area contributed by atoms with Crippen molar-refractivity contribution >= 4 is 0 Å². The van der Waals surface area contributed by atoms with E-state index >= 15 is 0 Å². The molecule has 1 heterocycles. The van der Waals surface area contributed by atoms with Gasteiger partial charge in [-0.1, -0.05) is 83.1 Å². The van der Waals surface area contributed by atoms with Gasteiger partial charge in [0, 0.05) is 12.4 Å². The minimum atomic E-state index is 0.715. The van der Waals surface area contributed by atoms with Crippen LogP contribution in [0.4, 0.5) is 0 Å². The number of allylic oxidation sites excluding steroid dienone is 2. The molecule has 0 fully saturated rings. The summed E-state index contributed by atoms with van der Waals surface area (Å²) < 4.78 is 6.07. The molecule has 170 valence electrons. The normalized spacial score (nSPS) is 11.3. The van der Waals surface area contributed by atoms with Crippen molar-refractivity contribution in [3.05, 3.63) is 54.4 Å². The fourth-order valence-electron chi connectivity index (χ4n) is 3.64. The summed E-state index contributed by atoms with van der Waals surface area (Å²) in [5, 5.41) is 0. The molecular formula is C28H42N2O. The van der Waals surface area contributed by atoms with Crippen molar-refractivity contribution < 1.29 is 4.74 Å². The van der Waals surface area contributed by atoms with Crippen molar-refractivity contribution in [3.63, 3.8) is 0 Å². The minimum absolute atomic E-state index is 0.715. The average Bonchev–Trinajstić information content (AvgIpc) is 2.81. The van der Waals surface area contributed by atoms with Crippen LogP contribution >= 0.6 is 0 Å². The molecule has 2 aromatic rings. The van der Waals surface area contributed by atoms with Gasteiger partial charge in [-0.2, -0.15) is 0 Å². The van der Waals surface area contributed by atoms with E-state index in [4.69, 9.17) is 4.74 Å². The molecule has 1 aromatic heterocycles. The van der Waals surface area contributed by atoms with Crippen molar-refractivity contribution in [1.82, 2.24) is 9.97 Å². The molecule has 0 radical (unpaired) electrons. The number of para-hydroxylation sites is 1. The van der Waals surface area contributed by atoms with Crippen LogP contribution in [-0.2, 0) is 6.42 Å². The molecule has 0 aliphatic carbocycles. The van der Waals surface area contributed by atoms with Crippen LogP contribution in [0.2, 0.25) is 0 Å². The first kappa shape index (κ1) is 25.1. The first-order valence-corrected chi connectivity index (χ1v) is 12.5. The fraction of sp³-hybridized carbons (Fsp3) is 0.571. The monoisotopic (exact) mass is 422 g/mol. The van der Waals surface area contributed by atoms with E-state index in [9.17, 15) is 0 Å². The zero-order chi connectivity index (χ0) is 22.0.